The highest BCUT2D eigenvalue weighted by Gasteiger charge is 2.21. The molecular formula is C9H7N5O. The van der Waals surface area contributed by atoms with Crippen molar-refractivity contribution in [2.45, 2.75) is 0 Å². The summed E-state index contributed by atoms with van der Waals surface area (Å²) in [6, 6.07) is 3.63. The Bertz CT molecular complexity index is 623. The van der Waals surface area contributed by atoms with Gasteiger partial charge in [0.1, 0.15) is 22.6 Å². The number of hydrogen-bond donors (Lipinski definition) is 3. The molecule has 0 fully saturated rings. The third-order valence-electron chi connectivity index (χ3n) is 2.29. The van der Waals surface area contributed by atoms with Gasteiger partial charge < -0.3 is 5.73 Å². The molecule has 0 aliphatic carbocycles. The maximum absolute atomic E-state index is 11.1. The Kier molecular flexibility index (Phi) is 1.37. The lowest BCUT2D eigenvalue weighted by atomic mass is 10.2. The van der Waals surface area contributed by atoms with E-state index in [1.807, 2.05) is 6.07 Å². The van der Waals surface area contributed by atoms with Crippen LogP contribution in [0.3, 0.4) is 0 Å². The lowest BCUT2D eigenvalue weighted by Gasteiger charge is -1.87. The Morgan fingerprint density at radius 2 is 2.27 bits per heavy atom. The van der Waals surface area contributed by atoms with Crippen LogP contribution in [0.4, 0.5) is 0 Å². The highest BCUT2D eigenvalue weighted by atomic mass is 16.1. The molecule has 3 rings (SSSR count). The summed E-state index contributed by atoms with van der Waals surface area (Å²) in [5.41, 5.74) is 8.20. The van der Waals surface area contributed by atoms with Crippen molar-refractivity contribution in [2.24, 2.45) is 5.73 Å². The van der Waals surface area contributed by atoms with Crippen molar-refractivity contribution in [2.75, 3.05) is 0 Å². The van der Waals surface area contributed by atoms with E-state index in [0.29, 0.717) is 11.4 Å². The number of fused-ring (bicyclic) bond motifs is 3. The smallest absolute Gasteiger partial charge is 0.268 e. The first-order chi connectivity index (χ1) is 7.27. The van der Waals surface area contributed by atoms with E-state index in [4.69, 9.17) is 5.73 Å². The molecule has 0 aromatic carbocycles. The van der Waals surface area contributed by atoms with Gasteiger partial charge in [-0.1, -0.05) is 0 Å². The lowest BCUT2D eigenvalue weighted by Crippen LogP contribution is -2.12. The second-order valence-electron chi connectivity index (χ2n) is 3.20. The molecule has 0 unspecified atom stereocenters. The molecule has 1 amide bonds. The number of H-pyrrole nitrogens is 2. The molecule has 2 aliphatic rings. The summed E-state index contributed by atoms with van der Waals surface area (Å²) in [4.78, 5) is 19.5. The topological polar surface area (TPSA) is 100 Å². The van der Waals surface area contributed by atoms with Crippen molar-refractivity contribution in [1.29, 1.82) is 0 Å². The first kappa shape index (κ1) is 7.98. The van der Waals surface area contributed by atoms with E-state index in [9.17, 15) is 4.79 Å². The van der Waals surface area contributed by atoms with Crippen LogP contribution in [-0.4, -0.2) is 26.1 Å². The van der Waals surface area contributed by atoms with Crippen LogP contribution in [-0.2, 0) is 0 Å². The molecule has 2 aliphatic heterocycles. The molecule has 6 heteroatoms. The minimum absolute atomic E-state index is 0.281. The normalized spacial score (nSPS) is 11.2. The van der Waals surface area contributed by atoms with Crippen molar-refractivity contribution < 1.29 is 4.79 Å². The highest BCUT2D eigenvalue weighted by molar-refractivity contribution is 6.03. The number of amides is 1. The monoisotopic (exact) mass is 201 g/mol. The zero-order chi connectivity index (χ0) is 10.4. The molecule has 0 saturated heterocycles. The molecular weight excluding hydrogens is 194 g/mol. The fraction of sp³-hybridized carbons (Fsp3) is 0. The third kappa shape index (κ3) is 0.954. The van der Waals surface area contributed by atoms with Gasteiger partial charge in [-0.3, -0.25) is 20.0 Å². The molecule has 74 valence electrons. The van der Waals surface area contributed by atoms with E-state index in [-0.39, 0.29) is 5.69 Å². The van der Waals surface area contributed by atoms with E-state index in [1.54, 1.807) is 12.3 Å². The van der Waals surface area contributed by atoms with Crippen LogP contribution in [0.2, 0.25) is 0 Å². The van der Waals surface area contributed by atoms with Gasteiger partial charge in [-0.05, 0) is 12.1 Å². The molecule has 0 spiro atoms. The molecule has 1 aromatic rings. The van der Waals surface area contributed by atoms with E-state index in [1.165, 1.54) is 0 Å². The number of primary amides is 1. The number of carbonyl (C=O) groups is 1. The number of rotatable bonds is 1. The van der Waals surface area contributed by atoms with Crippen LogP contribution < -0.4 is 5.73 Å². The SMILES string of the molecule is NC(=O)c1[nH][nH]c2c3ncccc3nc1-2. The van der Waals surface area contributed by atoms with Gasteiger partial charge >= 0.3 is 0 Å². The number of aromatic amines is 2. The van der Waals surface area contributed by atoms with Crippen LogP contribution in [0, 0.1) is 0 Å². The minimum atomic E-state index is -0.538. The molecule has 0 saturated carbocycles. The van der Waals surface area contributed by atoms with Gasteiger partial charge in [0.15, 0.2) is 0 Å². The number of aromatic nitrogens is 4. The fourth-order valence-electron chi connectivity index (χ4n) is 1.63. The fourth-order valence-corrected chi connectivity index (χ4v) is 1.63. The number of nitrogens with zero attached hydrogens (tertiary/aromatic N) is 2. The first-order valence-corrected chi connectivity index (χ1v) is 4.38. The van der Waals surface area contributed by atoms with Gasteiger partial charge in [0.05, 0.1) is 5.52 Å². The van der Waals surface area contributed by atoms with Crippen LogP contribution >= 0.6 is 0 Å². The Labute approximate surface area is 83.8 Å². The summed E-state index contributed by atoms with van der Waals surface area (Å²) < 4.78 is 0. The van der Waals surface area contributed by atoms with Crippen LogP contribution in [0.25, 0.3) is 22.4 Å². The van der Waals surface area contributed by atoms with E-state index >= 15 is 0 Å². The third-order valence-corrected chi connectivity index (χ3v) is 2.29. The Hall–Kier alpha value is -2.37. The molecule has 0 radical (unpaired) electrons. The quantitative estimate of drug-likeness (QED) is 0.534. The van der Waals surface area contributed by atoms with Gasteiger partial charge in [-0.15, -0.1) is 0 Å². The molecule has 1 aromatic heterocycles. The highest BCUT2D eigenvalue weighted by Crippen LogP contribution is 2.29. The second-order valence-corrected chi connectivity index (χ2v) is 3.20. The van der Waals surface area contributed by atoms with E-state index in [0.717, 1.165) is 11.0 Å². The predicted molar refractivity (Wildman–Crippen MR) is 53.4 cm³/mol. The van der Waals surface area contributed by atoms with Gasteiger partial charge in [0.25, 0.3) is 5.91 Å². The molecule has 0 bridgehead atoms. The van der Waals surface area contributed by atoms with Crippen LogP contribution in [0.1, 0.15) is 10.5 Å². The minimum Gasteiger partial charge on any atom is -0.364 e. The van der Waals surface area contributed by atoms with E-state index in [2.05, 4.69) is 20.2 Å². The zero-order valence-corrected chi connectivity index (χ0v) is 7.61. The van der Waals surface area contributed by atoms with Gasteiger partial charge in [-0.25, -0.2) is 4.98 Å². The van der Waals surface area contributed by atoms with Crippen molar-refractivity contribution in [3.05, 3.63) is 24.0 Å². The van der Waals surface area contributed by atoms with Crippen LogP contribution in [0.15, 0.2) is 18.3 Å². The molecule has 3 heterocycles. The molecule has 15 heavy (non-hydrogen) atoms. The second kappa shape index (κ2) is 2.57. The molecule has 4 N–H and O–H groups in total. The average Bonchev–Trinajstić information content (AvgIpc) is 2.74. The number of pyridine rings is 1. The summed E-state index contributed by atoms with van der Waals surface area (Å²) in [6.07, 6.45) is 1.67. The average molecular weight is 201 g/mol. The van der Waals surface area contributed by atoms with Crippen molar-refractivity contribution in [1.82, 2.24) is 20.2 Å². The zero-order valence-electron chi connectivity index (χ0n) is 7.61. The molecule has 0 atom stereocenters. The van der Waals surface area contributed by atoms with Gasteiger partial charge in [0.2, 0.25) is 0 Å². The Morgan fingerprint density at radius 1 is 1.40 bits per heavy atom. The summed E-state index contributed by atoms with van der Waals surface area (Å²) in [7, 11) is 0. The maximum Gasteiger partial charge on any atom is 0.268 e. The summed E-state index contributed by atoms with van der Waals surface area (Å²) in [5, 5.41) is 5.52. The van der Waals surface area contributed by atoms with Crippen molar-refractivity contribution in [3.63, 3.8) is 0 Å². The first-order valence-electron chi connectivity index (χ1n) is 4.38. The van der Waals surface area contributed by atoms with Gasteiger partial charge in [-0.2, -0.15) is 0 Å². The Balaban J connectivity index is 2.40. The number of nitrogens with one attached hydrogen (secondary N) is 2. The number of nitrogens with two attached hydrogens (primary N) is 1. The number of hydrogen-bond acceptors (Lipinski definition) is 3. The van der Waals surface area contributed by atoms with Crippen molar-refractivity contribution >= 4 is 16.9 Å². The largest absolute Gasteiger partial charge is 0.364 e. The molecule has 6 nitrogen and oxygen atoms in total. The summed E-state index contributed by atoms with van der Waals surface area (Å²) in [6.45, 7) is 0. The summed E-state index contributed by atoms with van der Waals surface area (Å²) >= 11 is 0. The lowest BCUT2D eigenvalue weighted by molar-refractivity contribution is 0.0996. The van der Waals surface area contributed by atoms with Crippen LogP contribution in [0.5, 0.6) is 0 Å². The van der Waals surface area contributed by atoms with Crippen molar-refractivity contribution in [3.8, 4) is 11.4 Å². The summed E-state index contributed by atoms with van der Waals surface area (Å²) in [5.74, 6) is -0.538. The standard InChI is InChI=1S/C9H7N5O/c10-9(15)8-6-7(13-14-8)5-4(12-6)2-1-3-11-5/h1-3,13-14H,(H2,10,15). The van der Waals surface area contributed by atoms with Gasteiger partial charge in [0, 0.05) is 6.20 Å². The predicted octanol–water partition coefficient (Wildman–Crippen LogP) is 0.490. The van der Waals surface area contributed by atoms with E-state index < -0.39 is 5.91 Å². The maximum atomic E-state index is 11.1. The number of carbonyl (C=O) groups excluding carboxylic acids is 1. The Morgan fingerprint density at radius 3 is 3.07 bits per heavy atom.